The fourth-order valence-electron chi connectivity index (χ4n) is 2.55. The molecule has 1 aliphatic rings. The first kappa shape index (κ1) is 15.8. The first-order valence-corrected chi connectivity index (χ1v) is 7.28. The maximum absolute atomic E-state index is 10.1. The molecule has 0 aliphatic carbocycles. The lowest BCUT2D eigenvalue weighted by atomic mass is 10.1. The highest BCUT2D eigenvalue weighted by Crippen LogP contribution is 2.17. The molecule has 21 heavy (non-hydrogen) atoms. The third-order valence-corrected chi connectivity index (χ3v) is 3.78. The van der Waals surface area contributed by atoms with Crippen molar-refractivity contribution in [3.8, 4) is 11.8 Å². The van der Waals surface area contributed by atoms with Gasteiger partial charge in [-0.15, -0.1) is 0 Å². The van der Waals surface area contributed by atoms with E-state index in [0.717, 1.165) is 25.9 Å². The van der Waals surface area contributed by atoms with Crippen molar-refractivity contribution < 1.29 is 14.6 Å². The lowest BCUT2D eigenvalue weighted by molar-refractivity contribution is 0.0153. The molecule has 5 nitrogen and oxygen atoms in total. The minimum atomic E-state index is -0.559. The summed E-state index contributed by atoms with van der Waals surface area (Å²) >= 11 is 0. The molecule has 1 heterocycles. The summed E-state index contributed by atoms with van der Waals surface area (Å²) in [5, 5.41) is 19.0. The fraction of sp³-hybridized carbons (Fsp3) is 0.562. The van der Waals surface area contributed by atoms with E-state index in [1.807, 2.05) is 6.07 Å². The lowest BCUT2D eigenvalue weighted by Crippen LogP contribution is -2.42. The van der Waals surface area contributed by atoms with Gasteiger partial charge in [-0.1, -0.05) is 12.1 Å². The first-order chi connectivity index (χ1) is 10.2. The van der Waals surface area contributed by atoms with Gasteiger partial charge in [0, 0.05) is 26.7 Å². The predicted octanol–water partition coefficient (Wildman–Crippen LogP) is 1.41. The predicted molar refractivity (Wildman–Crippen MR) is 79.1 cm³/mol. The van der Waals surface area contributed by atoms with Gasteiger partial charge in [-0.2, -0.15) is 5.26 Å². The van der Waals surface area contributed by atoms with Crippen molar-refractivity contribution in [1.82, 2.24) is 4.90 Å². The zero-order valence-corrected chi connectivity index (χ0v) is 12.4. The number of hydrogen-bond acceptors (Lipinski definition) is 5. The molecule has 0 bridgehead atoms. The standard InChI is InChI=1S/C16H22N2O3/c1-20-15-6-8-18(9-7-15)11-14(19)12-21-16-5-3-2-4-13(16)10-17/h2-5,14-15,19H,6-9,11-12H2,1H3. The van der Waals surface area contributed by atoms with Crippen LogP contribution in [-0.2, 0) is 4.74 Å². The molecule has 2 rings (SSSR count). The van der Waals surface area contributed by atoms with E-state index in [1.165, 1.54) is 0 Å². The van der Waals surface area contributed by atoms with E-state index >= 15 is 0 Å². The van der Waals surface area contributed by atoms with Gasteiger partial charge in [0.25, 0.3) is 0 Å². The summed E-state index contributed by atoms with van der Waals surface area (Å²) in [6, 6.07) is 9.14. The Kier molecular flexibility index (Phi) is 6.00. The van der Waals surface area contributed by atoms with Crippen LogP contribution in [-0.4, -0.2) is 55.6 Å². The van der Waals surface area contributed by atoms with Gasteiger partial charge in [-0.3, -0.25) is 0 Å². The Morgan fingerprint density at radius 3 is 2.76 bits per heavy atom. The SMILES string of the molecule is COC1CCN(CC(O)COc2ccccc2C#N)CC1. The van der Waals surface area contributed by atoms with Crippen LogP contribution < -0.4 is 4.74 Å². The number of hydrogen-bond donors (Lipinski definition) is 1. The number of nitriles is 1. The minimum Gasteiger partial charge on any atom is -0.489 e. The summed E-state index contributed by atoms with van der Waals surface area (Å²) in [6.07, 6.45) is 1.79. The minimum absolute atomic E-state index is 0.197. The number of likely N-dealkylation sites (tertiary alicyclic amines) is 1. The molecule has 1 aromatic carbocycles. The van der Waals surface area contributed by atoms with Crippen LogP contribution in [0.5, 0.6) is 5.75 Å². The van der Waals surface area contributed by atoms with Crippen LogP contribution >= 0.6 is 0 Å². The Hall–Kier alpha value is -1.61. The first-order valence-electron chi connectivity index (χ1n) is 7.28. The maximum Gasteiger partial charge on any atom is 0.137 e. The number of ether oxygens (including phenoxy) is 2. The van der Waals surface area contributed by atoms with E-state index < -0.39 is 6.10 Å². The second-order valence-corrected chi connectivity index (χ2v) is 5.31. The Labute approximate surface area is 125 Å². The molecule has 0 amide bonds. The summed E-state index contributed by atoms with van der Waals surface area (Å²) in [5.74, 6) is 0.525. The van der Waals surface area contributed by atoms with Crippen LogP contribution in [0.4, 0.5) is 0 Å². The van der Waals surface area contributed by atoms with Crippen LogP contribution in [0, 0.1) is 11.3 Å². The third-order valence-electron chi connectivity index (χ3n) is 3.78. The molecule has 1 atom stereocenters. The average molecular weight is 290 g/mol. The van der Waals surface area contributed by atoms with E-state index in [4.69, 9.17) is 14.7 Å². The number of rotatable bonds is 6. The number of para-hydroxylation sites is 1. The monoisotopic (exact) mass is 290 g/mol. The quantitative estimate of drug-likeness (QED) is 0.858. The van der Waals surface area contributed by atoms with Crippen molar-refractivity contribution >= 4 is 0 Å². The highest BCUT2D eigenvalue weighted by molar-refractivity contribution is 5.42. The summed E-state index contributed by atoms with van der Waals surface area (Å²) in [5.41, 5.74) is 0.491. The molecule has 0 spiro atoms. The van der Waals surface area contributed by atoms with Crippen molar-refractivity contribution in [3.63, 3.8) is 0 Å². The molecule has 114 valence electrons. The van der Waals surface area contributed by atoms with E-state index in [2.05, 4.69) is 11.0 Å². The molecule has 0 saturated carbocycles. The normalized spacial score (nSPS) is 18.1. The van der Waals surface area contributed by atoms with Crippen LogP contribution in [0.15, 0.2) is 24.3 Å². The fourth-order valence-corrected chi connectivity index (χ4v) is 2.55. The largest absolute Gasteiger partial charge is 0.489 e. The average Bonchev–Trinajstić information content (AvgIpc) is 2.54. The smallest absolute Gasteiger partial charge is 0.137 e. The van der Waals surface area contributed by atoms with Gasteiger partial charge in [0.2, 0.25) is 0 Å². The highest BCUT2D eigenvalue weighted by atomic mass is 16.5. The second kappa shape index (κ2) is 7.99. The Balaban J connectivity index is 1.75. The van der Waals surface area contributed by atoms with Gasteiger partial charge in [-0.05, 0) is 25.0 Å². The molecule has 0 radical (unpaired) electrons. The van der Waals surface area contributed by atoms with E-state index in [0.29, 0.717) is 24.0 Å². The molecule has 5 heteroatoms. The summed E-state index contributed by atoms with van der Waals surface area (Å²) < 4.78 is 10.9. The van der Waals surface area contributed by atoms with E-state index in [-0.39, 0.29) is 6.61 Å². The number of aliphatic hydroxyl groups excluding tert-OH is 1. The van der Waals surface area contributed by atoms with Crippen molar-refractivity contribution in [2.45, 2.75) is 25.0 Å². The van der Waals surface area contributed by atoms with Crippen LogP contribution in [0.1, 0.15) is 18.4 Å². The molecular formula is C16H22N2O3. The molecule has 1 aromatic rings. The number of piperidine rings is 1. The molecule has 1 fully saturated rings. The van der Waals surface area contributed by atoms with E-state index in [9.17, 15) is 5.11 Å². The zero-order valence-electron chi connectivity index (χ0n) is 12.4. The molecular weight excluding hydrogens is 268 g/mol. The van der Waals surface area contributed by atoms with Gasteiger partial charge >= 0.3 is 0 Å². The summed E-state index contributed by atoms with van der Waals surface area (Å²) in [4.78, 5) is 2.22. The molecule has 1 aliphatic heterocycles. The topological polar surface area (TPSA) is 65.7 Å². The van der Waals surface area contributed by atoms with Gasteiger partial charge in [-0.25, -0.2) is 0 Å². The molecule has 1 unspecified atom stereocenters. The Morgan fingerprint density at radius 2 is 2.10 bits per heavy atom. The number of nitrogens with zero attached hydrogens (tertiary/aromatic N) is 2. The van der Waals surface area contributed by atoms with Crippen molar-refractivity contribution in [3.05, 3.63) is 29.8 Å². The van der Waals surface area contributed by atoms with Gasteiger partial charge in [0.1, 0.15) is 24.5 Å². The summed E-state index contributed by atoms with van der Waals surface area (Å²) in [7, 11) is 1.75. The van der Waals surface area contributed by atoms with Crippen molar-refractivity contribution in [1.29, 1.82) is 5.26 Å². The number of aliphatic hydroxyl groups is 1. The van der Waals surface area contributed by atoms with Gasteiger partial charge in [0.15, 0.2) is 0 Å². The van der Waals surface area contributed by atoms with Crippen LogP contribution in [0.3, 0.4) is 0 Å². The number of methoxy groups -OCH3 is 1. The highest BCUT2D eigenvalue weighted by Gasteiger charge is 2.20. The lowest BCUT2D eigenvalue weighted by Gasteiger charge is -2.32. The zero-order chi connectivity index (χ0) is 15.1. The maximum atomic E-state index is 10.1. The van der Waals surface area contributed by atoms with Crippen molar-refractivity contribution in [2.24, 2.45) is 0 Å². The number of benzene rings is 1. The Morgan fingerprint density at radius 1 is 1.38 bits per heavy atom. The van der Waals surface area contributed by atoms with E-state index in [1.54, 1.807) is 25.3 Å². The Bertz CT molecular complexity index is 479. The third kappa shape index (κ3) is 4.71. The van der Waals surface area contributed by atoms with Crippen LogP contribution in [0.2, 0.25) is 0 Å². The number of β-amino-alcohol motifs (C(OH)–C–C–N with tert-alkyl or cyclic N) is 1. The molecule has 1 saturated heterocycles. The van der Waals surface area contributed by atoms with Crippen molar-refractivity contribution in [2.75, 3.05) is 33.4 Å². The van der Waals surface area contributed by atoms with Gasteiger partial charge < -0.3 is 19.5 Å². The summed E-state index contributed by atoms with van der Waals surface area (Å²) in [6.45, 7) is 2.66. The van der Waals surface area contributed by atoms with Crippen LogP contribution in [0.25, 0.3) is 0 Å². The molecule has 0 aromatic heterocycles. The molecule has 1 N–H and O–H groups in total. The second-order valence-electron chi connectivity index (χ2n) is 5.31. The van der Waals surface area contributed by atoms with Gasteiger partial charge in [0.05, 0.1) is 11.7 Å².